The molecule has 40 heavy (non-hydrogen) atoms. The zero-order valence-corrected chi connectivity index (χ0v) is 24.9. The smallest absolute Gasteiger partial charge is 0.303 e. The van der Waals surface area contributed by atoms with E-state index in [1.807, 2.05) is 0 Å². The number of benzene rings is 2. The van der Waals surface area contributed by atoms with Gasteiger partial charge in [0.15, 0.2) is 12.2 Å². The highest BCUT2D eigenvalue weighted by atomic mass is 79.9. The molecule has 0 aliphatic heterocycles. The molecule has 0 heterocycles. The quantitative estimate of drug-likeness (QED) is 0.264. The van der Waals surface area contributed by atoms with Crippen molar-refractivity contribution in [1.82, 2.24) is 0 Å². The molecule has 0 spiro atoms. The number of hydrogen-bond acceptors (Lipinski definition) is 10. The van der Waals surface area contributed by atoms with Crippen LogP contribution < -0.4 is 10.6 Å². The highest BCUT2D eigenvalue weighted by molar-refractivity contribution is 9.10. The molecule has 0 radical (unpaired) electrons. The van der Waals surface area contributed by atoms with E-state index in [0.29, 0.717) is 0 Å². The van der Waals surface area contributed by atoms with Gasteiger partial charge in [-0.25, -0.2) is 0 Å². The summed E-state index contributed by atoms with van der Waals surface area (Å²) in [6, 6.07) is 12.6. The highest BCUT2D eigenvalue weighted by Gasteiger charge is 2.49. The van der Waals surface area contributed by atoms with Gasteiger partial charge in [0.25, 0.3) is 11.8 Å². The third-order valence-corrected chi connectivity index (χ3v) is 5.91. The minimum Gasteiger partial charge on any atom is -0.454 e. The van der Waals surface area contributed by atoms with Crippen LogP contribution in [0.5, 0.6) is 0 Å². The Bertz CT molecular complexity index is 1150. The van der Waals surface area contributed by atoms with E-state index in [9.17, 15) is 28.8 Å². The normalized spacial score (nSPS) is 13.4. The molecule has 0 fully saturated rings. The first-order valence-corrected chi connectivity index (χ1v) is 13.2. The summed E-state index contributed by atoms with van der Waals surface area (Å²) in [5.41, 5.74) is 0.556. The number of amides is 2. The molecule has 0 aromatic heterocycles. The van der Waals surface area contributed by atoms with E-state index < -0.39 is 60.1 Å². The zero-order chi connectivity index (χ0) is 30.0. The van der Waals surface area contributed by atoms with Gasteiger partial charge >= 0.3 is 23.9 Å². The average molecular weight is 686 g/mol. The van der Waals surface area contributed by atoms with Crippen LogP contribution in [0.3, 0.4) is 0 Å². The second-order valence-corrected chi connectivity index (χ2v) is 10.0. The Hall–Kier alpha value is -3.78. The minimum atomic E-state index is -1.95. The van der Waals surface area contributed by atoms with Gasteiger partial charge in [0.05, 0.1) is 0 Å². The topological polar surface area (TPSA) is 163 Å². The van der Waals surface area contributed by atoms with E-state index in [-0.39, 0.29) is 11.4 Å². The van der Waals surface area contributed by atoms with Crippen molar-refractivity contribution in [3.63, 3.8) is 0 Å². The molecule has 2 rings (SSSR count). The number of ether oxygens (including phenoxy) is 4. The standard InChI is InChI=1S/C26H26Br2N2O10/c1-13(31)37-21(23(39-15(3)33)25(35)29-19-9-5-17(27)6-10-19)22(38-14(2)32)24(40-16(4)34)26(36)30-20-11-7-18(28)8-12-20/h5-12,21-24H,1-4H3,(H,29,35)(H,30,36). The lowest BCUT2D eigenvalue weighted by Crippen LogP contribution is -2.57. The van der Waals surface area contributed by atoms with Gasteiger partial charge in [-0.15, -0.1) is 0 Å². The summed E-state index contributed by atoms with van der Waals surface area (Å²) >= 11 is 6.54. The first kappa shape index (κ1) is 32.4. The second-order valence-electron chi connectivity index (χ2n) is 8.20. The third kappa shape index (κ3) is 10.4. The number of rotatable bonds is 11. The average Bonchev–Trinajstić information content (AvgIpc) is 2.85. The molecule has 2 N–H and O–H groups in total. The van der Waals surface area contributed by atoms with Gasteiger partial charge in [0.2, 0.25) is 12.2 Å². The van der Waals surface area contributed by atoms with Crippen LogP contribution in [0.15, 0.2) is 57.5 Å². The molecule has 4 unspecified atom stereocenters. The lowest BCUT2D eigenvalue weighted by molar-refractivity contribution is -0.198. The van der Waals surface area contributed by atoms with Crippen LogP contribution in [0.25, 0.3) is 0 Å². The summed E-state index contributed by atoms with van der Waals surface area (Å²) in [5, 5.41) is 5.02. The highest BCUT2D eigenvalue weighted by Crippen LogP contribution is 2.23. The van der Waals surface area contributed by atoms with Crippen molar-refractivity contribution < 1.29 is 47.7 Å². The molecule has 0 saturated carbocycles. The number of carbonyl (C=O) groups is 6. The van der Waals surface area contributed by atoms with Gasteiger partial charge in [-0.05, 0) is 48.5 Å². The molecule has 0 saturated heterocycles. The van der Waals surface area contributed by atoms with Crippen molar-refractivity contribution in [2.45, 2.75) is 52.1 Å². The molecule has 0 aliphatic rings. The van der Waals surface area contributed by atoms with Crippen molar-refractivity contribution in [3.05, 3.63) is 57.5 Å². The van der Waals surface area contributed by atoms with Crippen LogP contribution in [0.2, 0.25) is 0 Å². The monoisotopic (exact) mass is 684 g/mol. The summed E-state index contributed by atoms with van der Waals surface area (Å²) in [7, 11) is 0. The SMILES string of the molecule is CC(=O)OC(C(=O)Nc1ccc(Br)cc1)C(OC(C)=O)C(OC(C)=O)C(OC(C)=O)C(=O)Nc1ccc(Br)cc1. The number of anilines is 2. The molecule has 2 aromatic rings. The van der Waals surface area contributed by atoms with Gasteiger partial charge in [-0.2, -0.15) is 0 Å². The number of hydrogen-bond donors (Lipinski definition) is 2. The van der Waals surface area contributed by atoms with E-state index in [1.54, 1.807) is 24.3 Å². The molecule has 0 aliphatic carbocycles. The summed E-state index contributed by atoms with van der Waals surface area (Å²) in [5.74, 6) is -5.86. The first-order valence-electron chi connectivity index (χ1n) is 11.6. The minimum absolute atomic E-state index is 0.278. The summed E-state index contributed by atoms with van der Waals surface area (Å²) in [6.45, 7) is 3.96. The second kappa shape index (κ2) is 15.1. The molecule has 12 nitrogen and oxygen atoms in total. The maximum absolute atomic E-state index is 13.3. The van der Waals surface area contributed by atoms with E-state index in [0.717, 1.165) is 36.6 Å². The van der Waals surface area contributed by atoms with E-state index in [4.69, 9.17) is 18.9 Å². The molecular weight excluding hydrogens is 660 g/mol. The molecule has 4 atom stereocenters. The van der Waals surface area contributed by atoms with Crippen molar-refractivity contribution >= 4 is 78.9 Å². The van der Waals surface area contributed by atoms with Crippen LogP contribution in [-0.2, 0) is 47.7 Å². The van der Waals surface area contributed by atoms with Crippen molar-refractivity contribution in [2.75, 3.05) is 10.6 Å². The number of carbonyl (C=O) groups excluding carboxylic acids is 6. The van der Waals surface area contributed by atoms with Crippen molar-refractivity contribution in [1.29, 1.82) is 0 Å². The molecule has 2 aromatic carbocycles. The van der Waals surface area contributed by atoms with Crippen LogP contribution >= 0.6 is 31.9 Å². The predicted molar refractivity (Wildman–Crippen MR) is 148 cm³/mol. The Kier molecular flexibility index (Phi) is 12.3. The fourth-order valence-electron chi connectivity index (χ4n) is 3.38. The lowest BCUT2D eigenvalue weighted by Gasteiger charge is -2.34. The van der Waals surface area contributed by atoms with Crippen LogP contribution in [-0.4, -0.2) is 60.1 Å². The fraction of sp³-hybridized carbons (Fsp3) is 0.308. The largest absolute Gasteiger partial charge is 0.454 e. The summed E-state index contributed by atoms with van der Waals surface area (Å²) in [4.78, 5) is 75.0. The van der Waals surface area contributed by atoms with Crippen LogP contribution in [0.1, 0.15) is 27.7 Å². The number of halogens is 2. The van der Waals surface area contributed by atoms with Crippen molar-refractivity contribution in [2.24, 2.45) is 0 Å². The predicted octanol–water partition coefficient (Wildman–Crippen LogP) is 3.52. The fourth-order valence-corrected chi connectivity index (χ4v) is 3.90. The Morgan fingerprint density at radius 3 is 1.05 bits per heavy atom. The number of nitrogens with one attached hydrogen (secondary N) is 2. The first-order chi connectivity index (χ1) is 18.8. The van der Waals surface area contributed by atoms with E-state index >= 15 is 0 Å². The molecular formula is C26H26Br2N2O10. The molecule has 14 heteroatoms. The Morgan fingerprint density at radius 2 is 0.800 bits per heavy atom. The Labute approximate surface area is 246 Å². The van der Waals surface area contributed by atoms with Crippen LogP contribution in [0, 0.1) is 0 Å². The van der Waals surface area contributed by atoms with Gasteiger partial charge in [0, 0.05) is 48.0 Å². The maximum Gasteiger partial charge on any atom is 0.303 e. The molecule has 0 bridgehead atoms. The van der Waals surface area contributed by atoms with Gasteiger partial charge in [-0.3, -0.25) is 28.8 Å². The van der Waals surface area contributed by atoms with Gasteiger partial charge in [0.1, 0.15) is 0 Å². The van der Waals surface area contributed by atoms with E-state index in [2.05, 4.69) is 42.5 Å². The summed E-state index contributed by atoms with van der Waals surface area (Å²) < 4.78 is 22.4. The Morgan fingerprint density at radius 1 is 0.525 bits per heavy atom. The maximum atomic E-state index is 13.3. The van der Waals surface area contributed by atoms with Crippen LogP contribution in [0.4, 0.5) is 11.4 Å². The molecule has 214 valence electrons. The molecule has 2 amide bonds. The Balaban J connectivity index is 2.58. The third-order valence-electron chi connectivity index (χ3n) is 4.85. The number of esters is 4. The van der Waals surface area contributed by atoms with Crippen molar-refractivity contribution in [3.8, 4) is 0 Å². The van der Waals surface area contributed by atoms with Gasteiger partial charge in [-0.1, -0.05) is 31.9 Å². The summed E-state index contributed by atoms with van der Waals surface area (Å²) in [6.07, 6.45) is -7.76. The zero-order valence-electron chi connectivity index (χ0n) is 21.8. The lowest BCUT2D eigenvalue weighted by atomic mass is 10.00. The van der Waals surface area contributed by atoms with E-state index in [1.165, 1.54) is 24.3 Å². The van der Waals surface area contributed by atoms with Gasteiger partial charge < -0.3 is 29.6 Å².